The Labute approximate surface area is 273 Å². The van der Waals surface area contributed by atoms with E-state index in [2.05, 4.69) is 0 Å². The molecule has 0 saturated heterocycles. The van der Waals surface area contributed by atoms with Crippen LogP contribution in [0.4, 0.5) is 22.0 Å². The third-order valence-corrected chi connectivity index (χ3v) is 9.21. The molecule has 48 heavy (non-hydrogen) atoms. The zero-order chi connectivity index (χ0) is 33.6. The minimum Gasteiger partial charge on any atom is -0.309 e. The molecule has 0 saturated carbocycles. The van der Waals surface area contributed by atoms with E-state index in [1.54, 1.807) is 9.13 Å². The number of benzene rings is 6. The van der Waals surface area contributed by atoms with Crippen molar-refractivity contribution >= 4 is 43.6 Å². The van der Waals surface area contributed by atoms with Crippen molar-refractivity contribution in [1.82, 2.24) is 9.13 Å². The summed E-state index contributed by atoms with van der Waals surface area (Å²) < 4.78 is 80.5. The van der Waals surface area contributed by atoms with Crippen LogP contribution >= 0.6 is 0 Å². The van der Waals surface area contributed by atoms with Gasteiger partial charge in [0.05, 0.1) is 33.4 Å². The molecule has 0 spiro atoms. The smallest absolute Gasteiger partial charge is 0.309 e. The molecule has 0 N–H and O–H groups in total. The van der Waals surface area contributed by atoms with Gasteiger partial charge in [0.2, 0.25) is 0 Å². The number of aromatic nitrogens is 2. The molecular weight excluding hydrogens is 615 g/mol. The highest BCUT2D eigenvalue weighted by molar-refractivity contribution is 6.11. The number of fused-ring (bicyclic) bond motifs is 6. The average molecular weight is 645 g/mol. The first-order valence-electron chi connectivity index (χ1n) is 15.6. The second kappa shape index (κ2) is 10.5. The van der Waals surface area contributed by atoms with Gasteiger partial charge < -0.3 is 9.13 Å². The number of halogens is 5. The number of rotatable bonds is 3. The van der Waals surface area contributed by atoms with E-state index in [-0.39, 0.29) is 22.5 Å². The number of aryl methyl sites for hydroxylation is 4. The van der Waals surface area contributed by atoms with Gasteiger partial charge in [-0.05, 0) is 110 Å². The molecule has 0 radical (unpaired) electrons. The maximum Gasteiger partial charge on any atom is 0.420 e. The average Bonchev–Trinajstić information content (AvgIpc) is 3.49. The maximum atomic E-state index is 15.9. The van der Waals surface area contributed by atoms with Crippen LogP contribution in [0, 0.1) is 39.3 Å². The van der Waals surface area contributed by atoms with Gasteiger partial charge in [-0.25, -0.2) is 8.78 Å². The summed E-state index contributed by atoms with van der Waals surface area (Å²) in [6.45, 7) is 7.60. The fraction of sp³-hybridized carbons (Fsp3) is 0.122. The van der Waals surface area contributed by atoms with E-state index in [0.717, 1.165) is 62.0 Å². The summed E-state index contributed by atoms with van der Waals surface area (Å²) in [5.41, 5.74) is 5.19. The molecule has 0 aliphatic carbocycles. The van der Waals surface area contributed by atoms with Crippen molar-refractivity contribution in [2.45, 2.75) is 33.9 Å². The van der Waals surface area contributed by atoms with Crippen LogP contribution in [0.1, 0.15) is 27.8 Å². The zero-order valence-corrected chi connectivity index (χ0v) is 26.6. The van der Waals surface area contributed by atoms with Crippen LogP contribution in [0.5, 0.6) is 0 Å². The molecular formula is C41H29F5N2. The van der Waals surface area contributed by atoms with Gasteiger partial charge in [0, 0.05) is 27.6 Å². The summed E-state index contributed by atoms with van der Waals surface area (Å²) in [6.07, 6.45) is -4.83. The Balaban J connectivity index is 1.63. The largest absolute Gasteiger partial charge is 0.420 e. The van der Waals surface area contributed by atoms with Crippen molar-refractivity contribution in [1.29, 1.82) is 0 Å². The van der Waals surface area contributed by atoms with Gasteiger partial charge >= 0.3 is 6.18 Å². The number of hydrogen-bond donors (Lipinski definition) is 0. The Bertz CT molecular complexity index is 2330. The molecule has 0 aliphatic rings. The lowest BCUT2D eigenvalue weighted by atomic mass is 9.98. The minimum absolute atomic E-state index is 0.130. The SMILES string of the molecule is Cc1ccc2c3ccc(C)cc3n(-c3cc(-c4cc(F)cc(F)c4)cc(-n4c5cc(C)ccc5c5ccc(C)cc54)c3C(F)(F)F)c2c1. The Hall–Kier alpha value is -5.43. The molecule has 0 amide bonds. The van der Waals surface area contributed by atoms with Crippen molar-refractivity contribution in [2.75, 3.05) is 0 Å². The molecule has 7 heteroatoms. The lowest BCUT2D eigenvalue weighted by Gasteiger charge is -2.23. The van der Waals surface area contributed by atoms with E-state index in [1.807, 2.05) is 100 Å². The summed E-state index contributed by atoms with van der Waals surface area (Å²) in [6, 6.07) is 28.9. The summed E-state index contributed by atoms with van der Waals surface area (Å²) >= 11 is 0. The fourth-order valence-corrected chi connectivity index (χ4v) is 7.14. The van der Waals surface area contributed by atoms with E-state index >= 15 is 13.2 Å². The van der Waals surface area contributed by atoms with Gasteiger partial charge in [-0.2, -0.15) is 13.2 Å². The Morgan fingerprint density at radius 2 is 0.729 bits per heavy atom. The Morgan fingerprint density at radius 1 is 0.417 bits per heavy atom. The quantitative estimate of drug-likeness (QED) is 0.169. The van der Waals surface area contributed by atoms with Crippen LogP contribution in [-0.2, 0) is 6.18 Å². The summed E-state index contributed by atoms with van der Waals surface area (Å²) in [4.78, 5) is 0. The molecule has 238 valence electrons. The molecule has 6 aromatic carbocycles. The third-order valence-electron chi connectivity index (χ3n) is 9.21. The lowest BCUT2D eigenvalue weighted by molar-refractivity contribution is -0.137. The fourth-order valence-electron chi connectivity index (χ4n) is 7.14. The highest BCUT2D eigenvalue weighted by Gasteiger charge is 2.39. The Kier molecular flexibility index (Phi) is 6.57. The van der Waals surface area contributed by atoms with E-state index in [9.17, 15) is 8.78 Å². The molecule has 0 fully saturated rings. The third kappa shape index (κ3) is 4.67. The van der Waals surface area contributed by atoms with Crippen LogP contribution < -0.4 is 0 Å². The highest BCUT2D eigenvalue weighted by Crippen LogP contribution is 2.46. The molecule has 8 rings (SSSR count). The highest BCUT2D eigenvalue weighted by atomic mass is 19.4. The first-order chi connectivity index (χ1) is 22.9. The molecule has 2 nitrogen and oxygen atoms in total. The summed E-state index contributed by atoms with van der Waals surface area (Å²) in [5.74, 6) is -1.64. The predicted molar refractivity (Wildman–Crippen MR) is 184 cm³/mol. The molecule has 2 heterocycles. The second-order valence-electron chi connectivity index (χ2n) is 12.8. The molecule has 8 aromatic rings. The summed E-state index contributed by atoms with van der Waals surface area (Å²) in [7, 11) is 0. The molecule has 2 aromatic heterocycles. The second-order valence-corrected chi connectivity index (χ2v) is 12.8. The lowest BCUT2D eigenvalue weighted by Crippen LogP contribution is -2.16. The van der Waals surface area contributed by atoms with Gasteiger partial charge in [-0.3, -0.25) is 0 Å². The van der Waals surface area contributed by atoms with Crippen LogP contribution in [0.25, 0.3) is 66.1 Å². The number of hydrogen-bond acceptors (Lipinski definition) is 0. The van der Waals surface area contributed by atoms with Crippen molar-refractivity contribution in [2.24, 2.45) is 0 Å². The number of nitrogens with zero attached hydrogens (tertiary/aromatic N) is 2. The topological polar surface area (TPSA) is 9.86 Å². The minimum atomic E-state index is -4.83. The van der Waals surface area contributed by atoms with Crippen LogP contribution in [0.2, 0.25) is 0 Å². The van der Waals surface area contributed by atoms with E-state index in [1.165, 1.54) is 12.1 Å². The van der Waals surface area contributed by atoms with Crippen molar-refractivity contribution in [3.63, 3.8) is 0 Å². The monoisotopic (exact) mass is 644 g/mol. The van der Waals surface area contributed by atoms with Crippen molar-refractivity contribution in [3.05, 3.63) is 143 Å². The predicted octanol–water partition coefficient (Wildman–Crippen LogP) is 12.1. The van der Waals surface area contributed by atoms with E-state index in [0.29, 0.717) is 22.1 Å². The van der Waals surface area contributed by atoms with Crippen molar-refractivity contribution in [3.8, 4) is 22.5 Å². The maximum absolute atomic E-state index is 15.9. The Morgan fingerprint density at radius 3 is 1.04 bits per heavy atom. The van der Waals surface area contributed by atoms with Crippen LogP contribution in [0.15, 0.2) is 103 Å². The van der Waals surface area contributed by atoms with Gasteiger partial charge in [0.25, 0.3) is 0 Å². The van der Waals surface area contributed by atoms with Crippen molar-refractivity contribution < 1.29 is 22.0 Å². The summed E-state index contributed by atoms with van der Waals surface area (Å²) in [5, 5.41) is 3.21. The normalized spacial score (nSPS) is 12.3. The molecule has 0 unspecified atom stereocenters. The van der Waals surface area contributed by atoms with E-state index in [4.69, 9.17) is 0 Å². The first kappa shape index (κ1) is 29.9. The van der Waals surface area contributed by atoms with Gasteiger partial charge in [0.1, 0.15) is 17.2 Å². The van der Waals surface area contributed by atoms with Gasteiger partial charge in [-0.15, -0.1) is 0 Å². The zero-order valence-electron chi connectivity index (χ0n) is 26.6. The molecule has 0 bridgehead atoms. The van der Waals surface area contributed by atoms with Gasteiger partial charge in [0.15, 0.2) is 0 Å². The molecule has 0 aliphatic heterocycles. The number of alkyl halides is 3. The molecule has 0 atom stereocenters. The first-order valence-corrected chi connectivity index (χ1v) is 15.6. The van der Waals surface area contributed by atoms with E-state index < -0.39 is 23.4 Å². The standard InChI is InChI=1S/C41H29F5N2/c1-22-5-9-30-31-10-6-23(2)14-35(31)47(34(30)13-22)38-19-27(26-17-28(42)21-29(43)18-26)20-39(40(38)41(44,45)46)48-36-15-24(3)7-11-32(36)33-12-8-25(4)16-37(33)48/h5-21H,1-4H3. The van der Waals surface area contributed by atoms with Gasteiger partial charge in [-0.1, -0.05) is 48.5 Å². The van der Waals surface area contributed by atoms with Crippen LogP contribution in [0.3, 0.4) is 0 Å². The van der Waals surface area contributed by atoms with Crippen LogP contribution in [-0.4, -0.2) is 9.13 Å².